The quantitative estimate of drug-likeness (QED) is 0.869. The molecule has 2 aromatic rings. The van der Waals surface area contributed by atoms with Crippen molar-refractivity contribution in [1.82, 2.24) is 15.1 Å². The molecule has 25 heavy (non-hydrogen) atoms. The Hall–Kier alpha value is -2.37. The molecule has 1 aliphatic rings. The average molecular weight is 345 g/mol. The van der Waals surface area contributed by atoms with Crippen molar-refractivity contribution in [3.8, 4) is 5.75 Å². The Morgan fingerprint density at radius 3 is 2.84 bits per heavy atom. The maximum Gasteiger partial charge on any atom is 0.254 e. The van der Waals surface area contributed by atoms with E-state index in [0.29, 0.717) is 18.2 Å². The molecule has 0 aliphatic heterocycles. The van der Waals surface area contributed by atoms with Gasteiger partial charge in [-0.3, -0.25) is 9.48 Å². The van der Waals surface area contributed by atoms with Gasteiger partial charge in [0.25, 0.3) is 5.91 Å². The molecule has 1 N–H and O–H groups in total. The Morgan fingerprint density at radius 2 is 2.12 bits per heavy atom. The molecule has 0 bridgehead atoms. The van der Waals surface area contributed by atoms with Gasteiger partial charge in [0.2, 0.25) is 0 Å². The standard InChI is InChI=1S/C19H24FN3O2/c1-13(25-18-10-6-5-9-17(18)20)11-21-19(24)16-12-22-23(14(16)2)15-7-3-4-8-15/h5-6,9-10,12-13,15H,3-4,7-8,11H2,1-2H3,(H,21,24). The Balaban J connectivity index is 1.56. The average Bonchev–Trinajstić information content (AvgIpc) is 3.24. The number of benzene rings is 1. The Morgan fingerprint density at radius 1 is 1.40 bits per heavy atom. The summed E-state index contributed by atoms with van der Waals surface area (Å²) < 4.78 is 21.1. The fourth-order valence-corrected chi connectivity index (χ4v) is 3.29. The van der Waals surface area contributed by atoms with Crippen LogP contribution in [0.4, 0.5) is 4.39 Å². The number of hydrogen-bond donors (Lipinski definition) is 1. The van der Waals surface area contributed by atoms with Crippen LogP contribution in [-0.2, 0) is 0 Å². The molecule has 1 saturated carbocycles. The lowest BCUT2D eigenvalue weighted by Crippen LogP contribution is -2.34. The van der Waals surface area contributed by atoms with Gasteiger partial charge in [-0.15, -0.1) is 0 Å². The van der Waals surface area contributed by atoms with E-state index in [2.05, 4.69) is 10.4 Å². The van der Waals surface area contributed by atoms with Crippen LogP contribution in [0.3, 0.4) is 0 Å². The summed E-state index contributed by atoms with van der Waals surface area (Å²) in [5.74, 6) is -0.394. The zero-order valence-corrected chi connectivity index (χ0v) is 14.7. The third-order valence-electron chi connectivity index (χ3n) is 4.67. The molecule has 1 unspecified atom stereocenters. The van der Waals surface area contributed by atoms with E-state index in [9.17, 15) is 9.18 Å². The third-order valence-corrected chi connectivity index (χ3v) is 4.67. The second kappa shape index (κ2) is 7.68. The first-order valence-corrected chi connectivity index (χ1v) is 8.79. The highest BCUT2D eigenvalue weighted by atomic mass is 19.1. The van der Waals surface area contributed by atoms with Crippen molar-refractivity contribution in [2.75, 3.05) is 6.54 Å². The van der Waals surface area contributed by atoms with Gasteiger partial charge in [-0.05, 0) is 38.8 Å². The molecule has 1 aromatic heterocycles. The summed E-state index contributed by atoms with van der Waals surface area (Å²) in [6.45, 7) is 4.02. The molecule has 1 heterocycles. The molecule has 1 amide bonds. The molecule has 0 radical (unpaired) electrons. The van der Waals surface area contributed by atoms with Gasteiger partial charge < -0.3 is 10.1 Å². The van der Waals surface area contributed by atoms with Gasteiger partial charge in [-0.1, -0.05) is 25.0 Å². The highest BCUT2D eigenvalue weighted by Crippen LogP contribution is 2.30. The zero-order valence-electron chi connectivity index (χ0n) is 14.7. The second-order valence-corrected chi connectivity index (χ2v) is 6.60. The Kier molecular flexibility index (Phi) is 5.36. The zero-order chi connectivity index (χ0) is 17.8. The number of nitrogens with one attached hydrogen (secondary N) is 1. The Labute approximate surface area is 147 Å². The summed E-state index contributed by atoms with van der Waals surface area (Å²) >= 11 is 0. The smallest absolute Gasteiger partial charge is 0.254 e. The van der Waals surface area contributed by atoms with Crippen LogP contribution in [0.15, 0.2) is 30.5 Å². The SMILES string of the molecule is Cc1c(C(=O)NCC(C)Oc2ccccc2F)cnn1C1CCCC1. The van der Waals surface area contributed by atoms with Gasteiger partial charge in [-0.2, -0.15) is 5.10 Å². The Bertz CT molecular complexity index is 738. The van der Waals surface area contributed by atoms with Crippen molar-refractivity contribution in [2.45, 2.75) is 51.7 Å². The highest BCUT2D eigenvalue weighted by Gasteiger charge is 2.22. The van der Waals surface area contributed by atoms with Gasteiger partial charge in [0.1, 0.15) is 6.10 Å². The van der Waals surface area contributed by atoms with Crippen LogP contribution in [0.2, 0.25) is 0 Å². The number of rotatable bonds is 6. The number of carbonyl (C=O) groups excluding carboxylic acids is 1. The van der Waals surface area contributed by atoms with E-state index in [0.717, 1.165) is 18.5 Å². The number of amides is 1. The van der Waals surface area contributed by atoms with Crippen molar-refractivity contribution in [1.29, 1.82) is 0 Å². The molecule has 5 nitrogen and oxygen atoms in total. The summed E-state index contributed by atoms with van der Waals surface area (Å²) in [5.41, 5.74) is 1.48. The molecule has 1 atom stereocenters. The summed E-state index contributed by atoms with van der Waals surface area (Å²) in [4.78, 5) is 12.4. The summed E-state index contributed by atoms with van der Waals surface area (Å²) in [6, 6.07) is 6.65. The van der Waals surface area contributed by atoms with E-state index in [1.807, 2.05) is 11.6 Å². The second-order valence-electron chi connectivity index (χ2n) is 6.60. The van der Waals surface area contributed by atoms with E-state index in [1.54, 1.807) is 31.3 Å². The maximum atomic E-state index is 13.6. The third kappa shape index (κ3) is 4.00. The topological polar surface area (TPSA) is 56.1 Å². The minimum atomic E-state index is -0.408. The highest BCUT2D eigenvalue weighted by molar-refractivity contribution is 5.95. The summed E-state index contributed by atoms with van der Waals surface area (Å²) in [6.07, 6.45) is 5.97. The predicted molar refractivity (Wildman–Crippen MR) is 93.3 cm³/mol. The number of ether oxygens (including phenoxy) is 1. The van der Waals surface area contributed by atoms with E-state index < -0.39 is 5.82 Å². The number of aromatic nitrogens is 2. The van der Waals surface area contributed by atoms with Crippen LogP contribution in [0, 0.1) is 12.7 Å². The summed E-state index contributed by atoms with van der Waals surface area (Å²) in [5, 5.41) is 7.24. The van der Waals surface area contributed by atoms with Crippen LogP contribution in [0.25, 0.3) is 0 Å². The van der Waals surface area contributed by atoms with Crippen LogP contribution in [0.1, 0.15) is 54.7 Å². The molecule has 134 valence electrons. The first-order valence-electron chi connectivity index (χ1n) is 8.79. The molecule has 0 spiro atoms. The van der Waals surface area contributed by atoms with Gasteiger partial charge in [0.15, 0.2) is 11.6 Å². The van der Waals surface area contributed by atoms with Crippen LogP contribution < -0.4 is 10.1 Å². The van der Waals surface area contributed by atoms with Crippen molar-refractivity contribution >= 4 is 5.91 Å². The lowest BCUT2D eigenvalue weighted by atomic mass is 10.2. The first kappa shape index (κ1) is 17.5. The van der Waals surface area contributed by atoms with Gasteiger partial charge in [0, 0.05) is 5.69 Å². The summed E-state index contributed by atoms with van der Waals surface area (Å²) in [7, 11) is 0. The fourth-order valence-electron chi connectivity index (χ4n) is 3.29. The molecule has 1 aromatic carbocycles. The van der Waals surface area contributed by atoms with E-state index >= 15 is 0 Å². The number of para-hydroxylation sites is 1. The normalized spacial score (nSPS) is 16.0. The van der Waals surface area contributed by atoms with Crippen molar-refractivity contribution in [2.24, 2.45) is 0 Å². The molecule has 0 saturated heterocycles. The van der Waals surface area contributed by atoms with E-state index in [-0.39, 0.29) is 17.8 Å². The van der Waals surface area contributed by atoms with Crippen molar-refractivity contribution < 1.29 is 13.9 Å². The van der Waals surface area contributed by atoms with Gasteiger partial charge >= 0.3 is 0 Å². The van der Waals surface area contributed by atoms with E-state index in [4.69, 9.17) is 4.74 Å². The van der Waals surface area contributed by atoms with Crippen molar-refractivity contribution in [3.05, 3.63) is 47.5 Å². The maximum absolute atomic E-state index is 13.6. The lowest BCUT2D eigenvalue weighted by molar-refractivity contribution is 0.0930. The lowest BCUT2D eigenvalue weighted by Gasteiger charge is -2.16. The predicted octanol–water partition coefficient (Wildman–Crippen LogP) is 3.64. The molecule has 3 rings (SSSR count). The fraction of sp³-hybridized carbons (Fsp3) is 0.474. The minimum Gasteiger partial charge on any atom is -0.486 e. The molecular formula is C19H24FN3O2. The van der Waals surface area contributed by atoms with Crippen molar-refractivity contribution in [3.63, 3.8) is 0 Å². The number of carbonyl (C=O) groups is 1. The van der Waals surface area contributed by atoms with Crippen LogP contribution >= 0.6 is 0 Å². The molecule has 1 fully saturated rings. The molecule has 6 heteroatoms. The first-order chi connectivity index (χ1) is 12.1. The monoisotopic (exact) mass is 345 g/mol. The van der Waals surface area contributed by atoms with Crippen LogP contribution in [-0.4, -0.2) is 28.3 Å². The number of hydrogen-bond acceptors (Lipinski definition) is 3. The largest absolute Gasteiger partial charge is 0.486 e. The molecule has 1 aliphatic carbocycles. The number of nitrogens with zero attached hydrogens (tertiary/aromatic N) is 2. The van der Waals surface area contributed by atoms with E-state index in [1.165, 1.54) is 18.9 Å². The van der Waals surface area contributed by atoms with Gasteiger partial charge in [-0.25, -0.2) is 4.39 Å². The number of halogens is 1. The molecular weight excluding hydrogens is 321 g/mol. The van der Waals surface area contributed by atoms with Crippen LogP contribution in [0.5, 0.6) is 5.75 Å². The minimum absolute atomic E-state index is 0.175. The van der Waals surface area contributed by atoms with Gasteiger partial charge in [0.05, 0.1) is 24.3 Å².